The number of hydrogen-bond acceptors (Lipinski definition) is 39. The molecule has 6 amide bonds. The van der Waals surface area contributed by atoms with Crippen LogP contribution in [0.2, 0.25) is 0 Å². The van der Waals surface area contributed by atoms with Crippen molar-refractivity contribution in [1.82, 2.24) is 74.5 Å². The molecule has 6 saturated heterocycles. The van der Waals surface area contributed by atoms with E-state index in [1.807, 2.05) is 84.9 Å². The number of carbonyl (C=O) groups excluding carboxylic acids is 3. The summed E-state index contributed by atoms with van der Waals surface area (Å²) in [6.45, 7) is 5.23. The Kier molecular flexibility index (Phi) is 30.8. The molecule has 21 atom stereocenters. The number of hydrogen-bond donors (Lipinski definition) is 6. The molecule has 6 N–H and O–H groups in total. The van der Waals surface area contributed by atoms with Crippen molar-refractivity contribution in [3.05, 3.63) is 224 Å². The normalized spacial score (nSPS) is 25.8. The molecule has 10 unspecified atom stereocenters. The first-order valence-corrected chi connectivity index (χ1v) is 50.4. The maximum Gasteiger partial charge on any atom is 0.320 e. The molecule has 132 heavy (non-hydrogen) atoms. The van der Waals surface area contributed by atoms with Gasteiger partial charge in [-0.15, -0.1) is 0 Å². The number of urea groups is 3. The Morgan fingerprint density at radius 1 is 0.402 bits per heavy atom. The molecule has 0 radical (unpaired) electrons. The Labute approximate surface area is 750 Å². The summed E-state index contributed by atoms with van der Waals surface area (Å²) in [5.41, 5.74) is 4.96. The summed E-state index contributed by atoms with van der Waals surface area (Å²) in [7, 11) is -30.3. The second-order valence-electron chi connectivity index (χ2n) is 29.6. The summed E-state index contributed by atoms with van der Waals surface area (Å²) in [6.07, 6.45) is -2.51. The quantitative estimate of drug-likeness (QED) is 0.0241. The smallest absolute Gasteiger partial charge is 0.320 e. The van der Waals surface area contributed by atoms with Gasteiger partial charge in [0, 0.05) is 50.6 Å². The summed E-state index contributed by atoms with van der Waals surface area (Å²) in [6, 6.07) is 42.6. The number of rotatable bonds is 33. The van der Waals surface area contributed by atoms with Gasteiger partial charge in [-0.25, -0.2) is 59.2 Å². The van der Waals surface area contributed by atoms with E-state index in [0.29, 0.717) is 60.7 Å². The zero-order valence-corrected chi connectivity index (χ0v) is 75.2. The standard InChI is InChI=1S/C29H32N6O10P2.C28H32N6O10P2.C21H26N6O10P2/c1-2-30-29(36)34-26-23-27(32-17-31-26)35(18-33-23)28-25-24(43-22(44-25)14-13-19-9-5-3-6-10-19)21(42-28)15-41-47(39,40)45-46(37,38)16-20-11-7-4-8-12-20;1-2-29-28(35)33-25-22-26(31-16-30-25)34(17-32-22)27-24-23(42-21(43-24)13-18-9-5-3-6-10-18)20(41-27)14-40-46(38,39)44-45(36,37)15-19-11-7-4-8-12-19;1-3-22-21(28)26-17-14-18(24-10-23-17)27(11-25-14)19-16-15(35-20(36-16)12-7-5-4-6-8-12)13(34-19)9-33-39(31,32)37-38(2,29)30/h3-14,17-18,21-22,24-25,28H,2,15-16H2,1H3,(H,37,38)(H,39,40)(H2,30,31,32,34,36);3-12,16-17,20-21,23-24,27H,2,13-15H2,1H3,(H,36,37)(H,38,39)(H2,29,30,31,33,35);4-8,10-11,13,15-16,19-20H,3,9H2,1-2H3,(H,29,30)(H,31,32)(H2,22,23,24,26,28)/p-6/b14-13+;;/t21-,22+,24?,25+,28-;20-,21?,23?,24+,27-;13-,15?,16+,19-,20-/m111/s1. The molecule has 702 valence electrons. The van der Waals surface area contributed by atoms with E-state index in [2.05, 4.69) is 89.7 Å². The summed E-state index contributed by atoms with van der Waals surface area (Å²) in [5.74, 6) is 0.482. The minimum absolute atomic E-state index is 0.156. The summed E-state index contributed by atoms with van der Waals surface area (Å²) in [4.78, 5) is 148. The highest BCUT2D eigenvalue weighted by Gasteiger charge is 2.57. The first-order chi connectivity index (χ1) is 63.3. The highest BCUT2D eigenvalue weighted by Crippen LogP contribution is 2.60. The van der Waals surface area contributed by atoms with Gasteiger partial charge in [0.2, 0.25) is 0 Å². The summed E-state index contributed by atoms with van der Waals surface area (Å²) >= 11 is 0. The molecule has 11 aromatic rings. The number of amides is 6. The van der Waals surface area contributed by atoms with E-state index in [0.717, 1.165) is 11.1 Å². The topological polar surface area (TPSA) is 633 Å². The number of benzene rings is 5. The number of imidazole rings is 3. The van der Waals surface area contributed by atoms with E-state index >= 15 is 0 Å². The highest BCUT2D eigenvalue weighted by atomic mass is 31.3. The Hall–Kier alpha value is -10.2. The molecule has 48 nitrogen and oxygen atoms in total. The monoisotopic (exact) mass is 1940 g/mol. The van der Waals surface area contributed by atoms with E-state index in [4.69, 9.17) is 56.2 Å². The Morgan fingerprint density at radius 3 is 1.14 bits per heavy atom. The van der Waals surface area contributed by atoms with Crippen LogP contribution >= 0.6 is 46.3 Å². The highest BCUT2D eigenvalue weighted by molar-refractivity contribution is 7.63. The lowest BCUT2D eigenvalue weighted by Gasteiger charge is -2.32. The van der Waals surface area contributed by atoms with Gasteiger partial charge in [-0.2, -0.15) is 0 Å². The van der Waals surface area contributed by atoms with Crippen molar-refractivity contribution in [3.8, 4) is 0 Å². The molecule has 17 rings (SSSR count). The number of aromatic nitrogens is 12. The third kappa shape index (κ3) is 24.5. The number of nitrogens with zero attached hydrogens (tertiary/aromatic N) is 12. The van der Waals surface area contributed by atoms with Crippen LogP contribution in [0.1, 0.15) is 73.6 Å². The molecule has 6 aliphatic heterocycles. The maximum absolute atomic E-state index is 12.7. The van der Waals surface area contributed by atoms with E-state index in [9.17, 15) is 71.1 Å². The lowest BCUT2D eigenvalue weighted by molar-refractivity contribution is -0.237. The molecule has 0 aliphatic carbocycles. The SMILES string of the molecule is CCNC(=O)Nc1ncnc2c1ncn2[C@@H]1O[C@H](COP(=O)([O-])OP(=O)([O-])Cc2ccccc2)C2OC(Cc3ccccc3)O[C@@H]21.CCNC(=O)Nc1ncnc2c1ncn2[C@@H]1O[C@H](COP(=O)([O-])OP(=O)([O-])Cc2ccccc2)C2O[C@H](/C=C/c3ccccc3)O[C@@H]21.CCNC(=O)Nc1ncnc2c1ncn2[C@@H]1O[C@H](COP(=O)([O-])OP(C)(=O)[O-])C2O[C@@H](c3ccccc3)O[C@@H]21. The molecule has 0 spiro atoms. The first-order valence-electron chi connectivity index (χ1n) is 40.6. The summed E-state index contributed by atoms with van der Waals surface area (Å²) in [5, 5.41) is 15.7. The fraction of sp³-hybridized carbons (Fsp3) is 0.359. The predicted octanol–water partition coefficient (Wildman–Crippen LogP) is 6.45. The maximum atomic E-state index is 12.7. The van der Waals surface area contributed by atoms with Crippen molar-refractivity contribution in [2.75, 3.05) is 62.1 Å². The Balaban J connectivity index is 0.000000152. The minimum atomic E-state index is -5.35. The fourth-order valence-electron chi connectivity index (χ4n) is 14.7. The number of ether oxygens (including phenoxy) is 9. The van der Waals surface area contributed by atoms with Gasteiger partial charge in [0.25, 0.3) is 23.5 Å². The van der Waals surface area contributed by atoms with Gasteiger partial charge in [-0.05, 0) is 49.1 Å². The zero-order chi connectivity index (χ0) is 93.1. The molecule has 5 aromatic carbocycles. The van der Waals surface area contributed by atoms with E-state index < -0.39 is 189 Å². The fourth-order valence-corrected chi connectivity index (χ4v) is 22.0. The third-order valence-corrected chi connectivity index (χ3v) is 28.6. The predicted molar refractivity (Wildman–Crippen MR) is 450 cm³/mol. The molecular weight excluding hydrogens is 1850 g/mol. The Bertz CT molecular complexity index is 6190. The zero-order valence-electron chi connectivity index (χ0n) is 69.9. The minimum Gasteiger partial charge on any atom is -0.778 e. The number of anilines is 3. The van der Waals surface area contributed by atoms with Crippen molar-refractivity contribution in [2.24, 2.45) is 0 Å². The van der Waals surface area contributed by atoms with E-state index in [1.165, 1.54) is 62.2 Å². The molecular formula is C78H84N18O30P6-6. The number of phosphoric ester groups is 3. The number of nitrogens with one attached hydrogen (secondary N) is 6. The van der Waals surface area contributed by atoms with Gasteiger partial charge in [0.05, 0.1) is 38.8 Å². The molecule has 6 fully saturated rings. The molecule has 0 saturated carbocycles. The van der Waals surface area contributed by atoms with Gasteiger partial charge < -0.3 is 115 Å². The number of phosphoric acid groups is 3. The van der Waals surface area contributed by atoms with Crippen LogP contribution in [-0.4, -0.2) is 190 Å². The van der Waals surface area contributed by atoms with Gasteiger partial charge in [0.15, 0.2) is 88.5 Å². The molecule has 0 bridgehead atoms. The molecule has 6 aliphatic rings. The second-order valence-corrected chi connectivity index (χ2v) is 39.7. The van der Waals surface area contributed by atoms with E-state index in [-0.39, 0.29) is 39.7 Å². The van der Waals surface area contributed by atoms with Crippen molar-refractivity contribution >= 4 is 121 Å². The average molecular weight is 1940 g/mol. The van der Waals surface area contributed by atoms with Crippen LogP contribution in [0.5, 0.6) is 0 Å². The lowest BCUT2D eigenvalue weighted by atomic mass is 10.1. The Morgan fingerprint density at radius 2 is 0.735 bits per heavy atom. The van der Waals surface area contributed by atoms with Crippen molar-refractivity contribution in [2.45, 2.75) is 132 Å². The van der Waals surface area contributed by atoms with Crippen LogP contribution < -0.4 is 61.3 Å². The van der Waals surface area contributed by atoms with Crippen LogP contribution in [0.25, 0.3) is 39.6 Å². The first kappa shape index (κ1) is 96.4. The van der Waals surface area contributed by atoms with Gasteiger partial charge in [-0.3, -0.25) is 56.3 Å². The van der Waals surface area contributed by atoms with Crippen molar-refractivity contribution in [3.63, 3.8) is 0 Å². The van der Waals surface area contributed by atoms with Gasteiger partial charge in [-0.1, -0.05) is 158 Å². The average Bonchev–Trinajstić information content (AvgIpc) is 1.61. The number of carbonyl (C=O) groups is 3. The lowest BCUT2D eigenvalue weighted by Crippen LogP contribution is -2.32. The third-order valence-electron chi connectivity index (χ3n) is 20.1. The molecule has 54 heteroatoms. The molecule has 6 aromatic heterocycles. The van der Waals surface area contributed by atoms with Crippen LogP contribution in [0.4, 0.5) is 31.8 Å². The van der Waals surface area contributed by atoms with Gasteiger partial charge in [0.1, 0.15) is 96.7 Å². The van der Waals surface area contributed by atoms with Crippen molar-refractivity contribution < 1.29 is 140 Å². The van der Waals surface area contributed by atoms with Crippen LogP contribution in [0.15, 0.2) is 196 Å². The number of fused-ring (bicyclic) bond motifs is 6. The van der Waals surface area contributed by atoms with E-state index in [1.54, 1.807) is 89.1 Å². The van der Waals surface area contributed by atoms with Crippen LogP contribution in [0, 0.1) is 0 Å². The van der Waals surface area contributed by atoms with Crippen LogP contribution in [0.3, 0.4) is 0 Å². The second kappa shape index (κ2) is 42.2. The summed E-state index contributed by atoms with van der Waals surface area (Å²) < 4.78 is 162. The van der Waals surface area contributed by atoms with Crippen LogP contribution in [-0.2, 0) is 115 Å². The van der Waals surface area contributed by atoms with Crippen molar-refractivity contribution in [1.29, 1.82) is 0 Å². The largest absolute Gasteiger partial charge is 0.778 e. The molecule has 12 heterocycles. The van der Waals surface area contributed by atoms with Gasteiger partial charge >= 0.3 is 18.1 Å².